The van der Waals surface area contributed by atoms with Crippen molar-refractivity contribution in [3.8, 4) is 0 Å². The van der Waals surface area contributed by atoms with Gasteiger partial charge in [-0.15, -0.1) is 0 Å². The Bertz CT molecular complexity index is 768. The number of hydrogen-bond acceptors (Lipinski definition) is 2. The smallest absolute Gasteiger partial charge is 0.263 e. The van der Waals surface area contributed by atoms with Crippen LogP contribution in [0, 0.1) is 0 Å². The van der Waals surface area contributed by atoms with E-state index in [1.165, 1.54) is 25.3 Å². The van der Waals surface area contributed by atoms with E-state index < -0.39 is 0 Å². The van der Waals surface area contributed by atoms with Crippen molar-refractivity contribution in [2.75, 3.05) is 0 Å². The van der Waals surface area contributed by atoms with E-state index in [4.69, 9.17) is 0 Å². The van der Waals surface area contributed by atoms with Crippen molar-refractivity contribution in [3.05, 3.63) is 68.7 Å². The number of aromatic nitrogens is 3. The van der Waals surface area contributed by atoms with Gasteiger partial charge in [0.2, 0.25) is 0 Å². The van der Waals surface area contributed by atoms with Gasteiger partial charge in [0.05, 0.1) is 6.20 Å². The molecule has 0 amide bonds. The Labute approximate surface area is 124 Å². The van der Waals surface area contributed by atoms with Crippen molar-refractivity contribution in [2.45, 2.75) is 19.3 Å². The summed E-state index contributed by atoms with van der Waals surface area (Å²) in [6.45, 7) is 0. The minimum Gasteiger partial charge on any atom is -0.268 e. The summed E-state index contributed by atoms with van der Waals surface area (Å²) in [5.74, 6) is 0. The van der Waals surface area contributed by atoms with Gasteiger partial charge in [-0.25, -0.2) is 9.50 Å². The van der Waals surface area contributed by atoms with E-state index in [1.54, 1.807) is 27.9 Å². The van der Waals surface area contributed by atoms with E-state index >= 15 is 0 Å². The molecule has 0 fully saturated rings. The van der Waals surface area contributed by atoms with E-state index in [0.717, 1.165) is 10.3 Å². The van der Waals surface area contributed by atoms with Crippen LogP contribution in [-0.2, 0) is 12.8 Å². The molecule has 5 heteroatoms. The first-order valence-electron chi connectivity index (χ1n) is 6.53. The van der Waals surface area contributed by atoms with Crippen molar-refractivity contribution in [1.82, 2.24) is 14.6 Å². The minimum atomic E-state index is -0.142. The molecule has 1 aliphatic carbocycles. The second-order valence-electron chi connectivity index (χ2n) is 4.71. The number of nitrogens with zero attached hydrogens (tertiary/aromatic N) is 2. The predicted octanol–water partition coefficient (Wildman–Crippen LogP) is 2.96. The largest absolute Gasteiger partial charge is 0.268 e. The van der Waals surface area contributed by atoms with Crippen LogP contribution in [0.3, 0.4) is 0 Å². The van der Waals surface area contributed by atoms with E-state index in [9.17, 15) is 4.79 Å². The Morgan fingerprint density at radius 1 is 1.10 bits per heavy atom. The SMILES string of the molecule is O=c1ccc2ncc(Br)n2[nH]1.c1ccc2c(c1)CCC2. The summed E-state index contributed by atoms with van der Waals surface area (Å²) < 4.78 is 2.31. The second kappa shape index (κ2) is 5.63. The van der Waals surface area contributed by atoms with Crippen molar-refractivity contribution in [2.24, 2.45) is 0 Å². The fraction of sp³-hybridized carbons (Fsp3) is 0.200. The molecule has 0 saturated heterocycles. The fourth-order valence-electron chi connectivity index (χ4n) is 2.38. The number of aryl methyl sites for hydroxylation is 2. The van der Waals surface area contributed by atoms with Crippen LogP contribution in [0.1, 0.15) is 17.5 Å². The molecule has 0 bridgehead atoms. The van der Waals surface area contributed by atoms with Gasteiger partial charge in [0.1, 0.15) is 4.60 Å². The lowest BCUT2D eigenvalue weighted by Crippen LogP contribution is -2.08. The lowest BCUT2D eigenvalue weighted by atomic mass is 10.1. The van der Waals surface area contributed by atoms with Gasteiger partial charge in [-0.2, -0.15) is 0 Å². The predicted molar refractivity (Wildman–Crippen MR) is 82.0 cm³/mol. The number of rotatable bonds is 0. The van der Waals surface area contributed by atoms with Gasteiger partial charge in [0.25, 0.3) is 5.56 Å². The summed E-state index contributed by atoms with van der Waals surface area (Å²) in [4.78, 5) is 14.8. The van der Waals surface area contributed by atoms with Gasteiger partial charge in [-0.05, 0) is 52.4 Å². The molecular weight excluding hydrogens is 318 g/mol. The summed E-state index contributed by atoms with van der Waals surface area (Å²) in [7, 11) is 0. The number of hydrogen-bond donors (Lipinski definition) is 1. The molecule has 4 rings (SSSR count). The summed E-state index contributed by atoms with van der Waals surface area (Å²) in [5.41, 5.74) is 3.71. The molecule has 0 aliphatic heterocycles. The van der Waals surface area contributed by atoms with E-state index in [-0.39, 0.29) is 5.56 Å². The molecule has 0 atom stereocenters. The van der Waals surface area contributed by atoms with E-state index in [2.05, 4.69) is 50.3 Å². The summed E-state index contributed by atoms with van der Waals surface area (Å²) in [6.07, 6.45) is 5.59. The Morgan fingerprint density at radius 2 is 1.80 bits per heavy atom. The molecule has 20 heavy (non-hydrogen) atoms. The average Bonchev–Trinajstić information content (AvgIpc) is 3.07. The molecule has 0 spiro atoms. The zero-order valence-electron chi connectivity index (χ0n) is 10.8. The molecule has 1 N–H and O–H groups in total. The molecule has 0 saturated carbocycles. The zero-order valence-corrected chi connectivity index (χ0v) is 12.4. The topological polar surface area (TPSA) is 50.2 Å². The Balaban J connectivity index is 0.000000123. The minimum absolute atomic E-state index is 0.142. The van der Waals surface area contributed by atoms with Crippen molar-refractivity contribution in [3.63, 3.8) is 0 Å². The fourth-order valence-corrected chi connectivity index (χ4v) is 2.76. The standard InChI is InChI=1S/C9H10.C6H4BrN3O/c1-2-5-9-7-3-6-8(9)4-1;7-4-3-8-5-1-2-6(11)9-10(4)5/h1-2,4-5H,3,6-7H2;1-3H,(H,9,11). The number of fused-ring (bicyclic) bond motifs is 2. The third-order valence-electron chi connectivity index (χ3n) is 3.36. The van der Waals surface area contributed by atoms with Gasteiger partial charge in [-0.3, -0.25) is 9.89 Å². The van der Waals surface area contributed by atoms with Crippen LogP contribution in [-0.4, -0.2) is 14.6 Å². The molecule has 3 aromatic rings. The van der Waals surface area contributed by atoms with Crippen molar-refractivity contribution in [1.29, 1.82) is 0 Å². The quantitative estimate of drug-likeness (QED) is 0.688. The summed E-state index contributed by atoms with van der Waals surface area (Å²) in [6, 6.07) is 11.8. The first-order chi connectivity index (χ1) is 9.74. The molecular formula is C15H14BrN3O. The maximum atomic E-state index is 10.8. The van der Waals surface area contributed by atoms with E-state index in [1.807, 2.05) is 0 Å². The third-order valence-corrected chi connectivity index (χ3v) is 3.92. The van der Waals surface area contributed by atoms with Gasteiger partial charge >= 0.3 is 0 Å². The zero-order chi connectivity index (χ0) is 13.9. The van der Waals surface area contributed by atoms with Crippen LogP contribution in [0.2, 0.25) is 0 Å². The Hall–Kier alpha value is -1.88. The molecule has 1 aromatic carbocycles. The second-order valence-corrected chi connectivity index (χ2v) is 5.52. The highest BCUT2D eigenvalue weighted by Gasteiger charge is 2.07. The maximum absolute atomic E-state index is 10.8. The first kappa shape index (κ1) is 13.1. The number of benzene rings is 1. The Kier molecular flexibility index (Phi) is 3.69. The van der Waals surface area contributed by atoms with Crippen LogP contribution in [0.5, 0.6) is 0 Å². The Morgan fingerprint density at radius 3 is 2.50 bits per heavy atom. The highest BCUT2D eigenvalue weighted by molar-refractivity contribution is 9.10. The lowest BCUT2D eigenvalue weighted by Gasteiger charge is -1.93. The van der Waals surface area contributed by atoms with Gasteiger partial charge in [-0.1, -0.05) is 24.3 Å². The first-order valence-corrected chi connectivity index (χ1v) is 7.32. The number of H-pyrrole nitrogens is 1. The number of imidazole rings is 1. The van der Waals surface area contributed by atoms with Crippen LogP contribution in [0.25, 0.3) is 5.65 Å². The molecule has 0 unspecified atom stereocenters. The molecule has 0 radical (unpaired) electrons. The van der Waals surface area contributed by atoms with Crippen LogP contribution >= 0.6 is 15.9 Å². The molecule has 4 nitrogen and oxygen atoms in total. The van der Waals surface area contributed by atoms with Gasteiger partial charge < -0.3 is 0 Å². The highest BCUT2D eigenvalue weighted by Crippen LogP contribution is 2.20. The highest BCUT2D eigenvalue weighted by atomic mass is 79.9. The monoisotopic (exact) mass is 331 g/mol. The van der Waals surface area contributed by atoms with E-state index in [0.29, 0.717) is 0 Å². The molecule has 102 valence electrons. The maximum Gasteiger partial charge on any atom is 0.263 e. The normalized spacial score (nSPS) is 12.8. The number of halogens is 1. The van der Waals surface area contributed by atoms with Crippen LogP contribution in [0.4, 0.5) is 0 Å². The van der Waals surface area contributed by atoms with Crippen molar-refractivity contribution >= 4 is 21.6 Å². The molecule has 2 heterocycles. The summed E-state index contributed by atoms with van der Waals surface area (Å²) in [5, 5.41) is 2.59. The van der Waals surface area contributed by atoms with Gasteiger partial charge in [0.15, 0.2) is 5.65 Å². The number of aromatic amines is 1. The third kappa shape index (κ3) is 2.67. The molecule has 1 aliphatic rings. The van der Waals surface area contributed by atoms with Gasteiger partial charge in [0, 0.05) is 6.07 Å². The average molecular weight is 332 g/mol. The van der Waals surface area contributed by atoms with Crippen LogP contribution < -0.4 is 5.56 Å². The van der Waals surface area contributed by atoms with Crippen molar-refractivity contribution < 1.29 is 0 Å². The summed E-state index contributed by atoms with van der Waals surface area (Å²) >= 11 is 3.23. The van der Waals surface area contributed by atoms with Crippen LogP contribution in [0.15, 0.2) is 52.0 Å². The lowest BCUT2D eigenvalue weighted by molar-refractivity contribution is 0.887. The molecule has 2 aromatic heterocycles. The number of nitrogens with one attached hydrogen (secondary N) is 1.